The van der Waals surface area contributed by atoms with Crippen molar-refractivity contribution in [2.75, 3.05) is 26.2 Å². The molecule has 2 aliphatic rings. The number of amides is 2. The van der Waals surface area contributed by atoms with Gasteiger partial charge in [-0.3, -0.25) is 4.79 Å². The van der Waals surface area contributed by atoms with Crippen molar-refractivity contribution >= 4 is 12.0 Å². The molecule has 0 unspecified atom stereocenters. The smallest absolute Gasteiger partial charge is 0.394 e. The minimum absolute atomic E-state index is 0.281. The Hall–Kier alpha value is -1.51. The normalized spacial score (nSPS) is 25.2. The molecule has 0 aromatic rings. The van der Waals surface area contributed by atoms with Gasteiger partial charge >= 0.3 is 18.2 Å². The predicted molar refractivity (Wildman–Crippen MR) is 78.5 cm³/mol. The molecule has 6 nitrogen and oxygen atoms in total. The molecule has 1 heterocycles. The van der Waals surface area contributed by atoms with E-state index in [4.69, 9.17) is 9.84 Å². The average molecular weight is 352 g/mol. The summed E-state index contributed by atoms with van der Waals surface area (Å²) < 4.78 is 44.2. The number of alkyl halides is 3. The number of rotatable bonds is 6. The molecule has 0 spiro atoms. The van der Waals surface area contributed by atoms with Gasteiger partial charge in [-0.2, -0.15) is 13.2 Å². The quantitative estimate of drug-likeness (QED) is 0.719. The molecule has 2 N–H and O–H groups in total. The van der Waals surface area contributed by atoms with E-state index in [1.807, 2.05) is 0 Å². The number of nitrogens with zero attached hydrogens (tertiary/aromatic N) is 1. The molecule has 2 fully saturated rings. The van der Waals surface area contributed by atoms with Crippen LogP contribution >= 0.6 is 0 Å². The summed E-state index contributed by atoms with van der Waals surface area (Å²) in [4.78, 5) is 23.8. The van der Waals surface area contributed by atoms with E-state index in [1.54, 1.807) is 0 Å². The first kappa shape index (κ1) is 18.8. The van der Waals surface area contributed by atoms with Gasteiger partial charge in [0, 0.05) is 26.2 Å². The van der Waals surface area contributed by atoms with Crippen molar-refractivity contribution in [2.24, 2.45) is 11.8 Å². The van der Waals surface area contributed by atoms with Crippen LogP contribution in [-0.4, -0.2) is 60.5 Å². The van der Waals surface area contributed by atoms with Crippen LogP contribution in [0.2, 0.25) is 0 Å². The molecule has 2 rings (SSSR count). The lowest BCUT2D eigenvalue weighted by Crippen LogP contribution is -2.40. The van der Waals surface area contributed by atoms with Gasteiger partial charge in [0.15, 0.2) is 0 Å². The number of hydrogen-bond acceptors (Lipinski definition) is 3. The monoisotopic (exact) mass is 352 g/mol. The summed E-state index contributed by atoms with van der Waals surface area (Å²) in [5.74, 6) is -5.16. The number of hydrogen-bond donors (Lipinski definition) is 2. The molecule has 0 aromatic carbocycles. The van der Waals surface area contributed by atoms with E-state index >= 15 is 0 Å². The molecule has 1 aliphatic heterocycles. The molecule has 138 valence electrons. The number of carboxylic acids is 1. The molecule has 9 heteroatoms. The topological polar surface area (TPSA) is 78.9 Å². The molecular weight excluding hydrogens is 329 g/mol. The predicted octanol–water partition coefficient (Wildman–Crippen LogP) is 2.24. The van der Waals surface area contributed by atoms with E-state index in [0.717, 1.165) is 17.7 Å². The van der Waals surface area contributed by atoms with Crippen molar-refractivity contribution in [2.45, 2.75) is 44.4 Å². The fraction of sp³-hybridized carbons (Fsp3) is 0.867. The molecular formula is C15H23F3N2O4. The summed E-state index contributed by atoms with van der Waals surface area (Å²) in [6.07, 6.45) is 0.658. The van der Waals surface area contributed by atoms with E-state index in [2.05, 4.69) is 5.32 Å². The summed E-state index contributed by atoms with van der Waals surface area (Å²) >= 11 is 0. The number of likely N-dealkylation sites (tertiary alicyclic amines) is 1. The Morgan fingerprint density at radius 3 is 2.42 bits per heavy atom. The van der Waals surface area contributed by atoms with Gasteiger partial charge in [-0.25, -0.2) is 4.79 Å². The first-order valence-electron chi connectivity index (χ1n) is 8.23. The van der Waals surface area contributed by atoms with E-state index in [0.29, 0.717) is 13.0 Å². The molecule has 1 saturated heterocycles. The van der Waals surface area contributed by atoms with E-state index in [9.17, 15) is 22.8 Å². The zero-order valence-electron chi connectivity index (χ0n) is 13.3. The Morgan fingerprint density at radius 1 is 1.21 bits per heavy atom. The minimum atomic E-state index is -4.63. The third kappa shape index (κ3) is 4.99. The molecule has 2 atom stereocenters. The van der Waals surface area contributed by atoms with Crippen LogP contribution in [0.15, 0.2) is 0 Å². The third-order valence-corrected chi connectivity index (χ3v) is 4.60. The Bertz CT molecular complexity index is 452. The lowest BCUT2D eigenvalue weighted by molar-refractivity contribution is -0.187. The van der Waals surface area contributed by atoms with Crippen LogP contribution in [0.25, 0.3) is 0 Å². The maximum atomic E-state index is 12.9. The lowest BCUT2D eigenvalue weighted by Gasteiger charge is -2.19. The van der Waals surface area contributed by atoms with Gasteiger partial charge < -0.3 is 20.1 Å². The second-order valence-corrected chi connectivity index (χ2v) is 6.36. The number of nitrogens with one attached hydrogen (secondary N) is 1. The highest BCUT2D eigenvalue weighted by Crippen LogP contribution is 2.37. The van der Waals surface area contributed by atoms with Gasteiger partial charge in [-0.1, -0.05) is 12.8 Å². The maximum Gasteiger partial charge on any atom is 0.394 e. The standard InChI is InChI=1S/C15H23F3N2O4/c16-15(17,18)12-9-20(8-11(12)13(21)22)14(23)19-6-3-7-24-10-4-1-2-5-10/h10-12H,1-9H2,(H,19,23)(H,21,22)/t11-,12-/m1/s1. The van der Waals surface area contributed by atoms with E-state index < -0.39 is 43.1 Å². The number of carboxylic acid groups (broad SMARTS) is 1. The van der Waals surface area contributed by atoms with Gasteiger partial charge in [-0.15, -0.1) is 0 Å². The second kappa shape index (κ2) is 8.04. The van der Waals surface area contributed by atoms with Crippen LogP contribution in [0.3, 0.4) is 0 Å². The molecule has 2 amide bonds. The first-order valence-corrected chi connectivity index (χ1v) is 8.23. The Kier molecular flexibility index (Phi) is 6.31. The van der Waals surface area contributed by atoms with Crippen molar-refractivity contribution in [1.82, 2.24) is 10.2 Å². The SMILES string of the molecule is O=C(O)[C@@H]1CN(C(=O)NCCCOC2CCCC2)C[C@H]1C(F)(F)F. The van der Waals surface area contributed by atoms with Crippen molar-refractivity contribution in [1.29, 1.82) is 0 Å². The molecule has 24 heavy (non-hydrogen) atoms. The van der Waals surface area contributed by atoms with Gasteiger partial charge in [0.1, 0.15) is 0 Å². The van der Waals surface area contributed by atoms with Gasteiger partial charge in [0.25, 0.3) is 0 Å². The second-order valence-electron chi connectivity index (χ2n) is 6.36. The van der Waals surface area contributed by atoms with Crippen molar-refractivity contribution < 1.29 is 32.6 Å². The molecule has 0 aromatic heterocycles. The third-order valence-electron chi connectivity index (χ3n) is 4.60. The van der Waals surface area contributed by atoms with Gasteiger partial charge in [-0.05, 0) is 19.3 Å². The van der Waals surface area contributed by atoms with E-state index in [1.165, 1.54) is 12.8 Å². The zero-order chi connectivity index (χ0) is 17.7. The largest absolute Gasteiger partial charge is 0.481 e. The van der Waals surface area contributed by atoms with E-state index in [-0.39, 0.29) is 12.6 Å². The molecule has 1 saturated carbocycles. The number of halogens is 3. The Morgan fingerprint density at radius 2 is 1.88 bits per heavy atom. The highest BCUT2D eigenvalue weighted by atomic mass is 19.4. The van der Waals surface area contributed by atoms with Crippen LogP contribution in [-0.2, 0) is 9.53 Å². The Labute approximate surface area is 138 Å². The van der Waals surface area contributed by atoms with Crippen molar-refractivity contribution in [3.8, 4) is 0 Å². The number of carbonyl (C=O) groups excluding carboxylic acids is 1. The summed E-state index contributed by atoms with van der Waals surface area (Å²) in [6.45, 7) is -0.265. The number of ether oxygens (including phenoxy) is 1. The summed E-state index contributed by atoms with van der Waals surface area (Å²) in [5.41, 5.74) is 0. The maximum absolute atomic E-state index is 12.9. The van der Waals surface area contributed by atoms with Crippen LogP contribution in [0.5, 0.6) is 0 Å². The number of urea groups is 1. The molecule has 0 radical (unpaired) electrons. The molecule has 1 aliphatic carbocycles. The lowest BCUT2D eigenvalue weighted by atomic mass is 9.96. The minimum Gasteiger partial charge on any atom is -0.481 e. The van der Waals surface area contributed by atoms with Crippen LogP contribution in [0.1, 0.15) is 32.1 Å². The van der Waals surface area contributed by atoms with Crippen LogP contribution in [0, 0.1) is 11.8 Å². The fourth-order valence-electron chi connectivity index (χ4n) is 3.24. The van der Waals surface area contributed by atoms with Crippen LogP contribution < -0.4 is 5.32 Å². The fourth-order valence-corrected chi connectivity index (χ4v) is 3.24. The summed E-state index contributed by atoms with van der Waals surface area (Å²) in [6, 6.07) is -0.658. The van der Waals surface area contributed by atoms with Crippen LogP contribution in [0.4, 0.5) is 18.0 Å². The Balaban J connectivity index is 1.71. The number of aliphatic carboxylic acids is 1. The van der Waals surface area contributed by atoms with Crippen molar-refractivity contribution in [3.05, 3.63) is 0 Å². The highest BCUT2D eigenvalue weighted by molar-refractivity contribution is 5.77. The van der Waals surface area contributed by atoms with Gasteiger partial charge in [0.2, 0.25) is 0 Å². The zero-order valence-corrected chi connectivity index (χ0v) is 13.3. The number of carbonyl (C=O) groups is 2. The summed E-state index contributed by atoms with van der Waals surface area (Å²) in [5, 5.41) is 11.4. The van der Waals surface area contributed by atoms with Gasteiger partial charge in [0.05, 0.1) is 17.9 Å². The average Bonchev–Trinajstić information content (AvgIpc) is 3.15. The summed E-state index contributed by atoms with van der Waals surface area (Å²) in [7, 11) is 0. The highest BCUT2D eigenvalue weighted by Gasteiger charge is 2.53. The first-order chi connectivity index (χ1) is 11.3. The molecule has 0 bridgehead atoms. The van der Waals surface area contributed by atoms with Crippen molar-refractivity contribution in [3.63, 3.8) is 0 Å².